The second kappa shape index (κ2) is 7.74. The van der Waals surface area contributed by atoms with Crippen molar-refractivity contribution in [2.75, 3.05) is 6.61 Å². The van der Waals surface area contributed by atoms with Crippen LogP contribution in [-0.2, 0) is 13.0 Å². The maximum atomic E-state index is 12.5. The Morgan fingerprint density at radius 3 is 2.76 bits per heavy atom. The standard InChI is InChI=1S/C17H16Cl2N2O3S/c1-2-11-6-12-16(25-11)20-9-21(17(12)23)7-10(22)8-24-15-13(18)4-3-5-14(15)19/h3-6,9-10,22H,2,7-8H2,1H3. The van der Waals surface area contributed by atoms with Crippen LogP contribution in [0.1, 0.15) is 11.8 Å². The molecule has 0 aliphatic carbocycles. The molecule has 0 saturated heterocycles. The van der Waals surface area contributed by atoms with Crippen LogP contribution in [0.15, 0.2) is 35.4 Å². The van der Waals surface area contributed by atoms with Gasteiger partial charge >= 0.3 is 0 Å². The number of aliphatic hydroxyl groups excluding tert-OH is 1. The number of thiophene rings is 1. The molecule has 0 radical (unpaired) electrons. The lowest BCUT2D eigenvalue weighted by Crippen LogP contribution is -2.30. The zero-order valence-corrected chi connectivity index (χ0v) is 15.7. The van der Waals surface area contributed by atoms with Gasteiger partial charge in [-0.25, -0.2) is 4.98 Å². The van der Waals surface area contributed by atoms with Gasteiger partial charge in [0.1, 0.15) is 17.5 Å². The highest BCUT2D eigenvalue weighted by Crippen LogP contribution is 2.32. The number of aliphatic hydroxyl groups is 1. The van der Waals surface area contributed by atoms with E-state index in [9.17, 15) is 9.90 Å². The van der Waals surface area contributed by atoms with E-state index in [1.54, 1.807) is 18.2 Å². The maximum Gasteiger partial charge on any atom is 0.262 e. The molecule has 5 nitrogen and oxygen atoms in total. The third-order valence-corrected chi connectivity index (χ3v) is 5.45. The molecule has 8 heteroatoms. The SMILES string of the molecule is CCc1cc2c(=O)n(CC(O)COc3c(Cl)cccc3Cl)cnc2s1. The fourth-order valence-corrected chi connectivity index (χ4v) is 3.83. The lowest BCUT2D eigenvalue weighted by molar-refractivity contribution is 0.0916. The van der Waals surface area contributed by atoms with Crippen LogP contribution >= 0.6 is 34.5 Å². The van der Waals surface area contributed by atoms with Gasteiger partial charge in [-0.2, -0.15) is 0 Å². The highest BCUT2D eigenvalue weighted by atomic mass is 35.5. The second-order valence-corrected chi connectivity index (χ2v) is 7.43. The number of fused-ring (bicyclic) bond motifs is 1. The number of benzene rings is 1. The van der Waals surface area contributed by atoms with Gasteiger partial charge in [0.15, 0.2) is 5.75 Å². The first-order chi connectivity index (χ1) is 12.0. The van der Waals surface area contributed by atoms with Crippen LogP contribution in [0.25, 0.3) is 10.2 Å². The molecule has 2 aromatic heterocycles. The Morgan fingerprint density at radius 1 is 1.36 bits per heavy atom. The number of rotatable bonds is 6. The zero-order chi connectivity index (χ0) is 18.0. The lowest BCUT2D eigenvalue weighted by atomic mass is 10.3. The van der Waals surface area contributed by atoms with E-state index in [1.165, 1.54) is 22.2 Å². The van der Waals surface area contributed by atoms with E-state index >= 15 is 0 Å². The Kier molecular flexibility index (Phi) is 5.64. The van der Waals surface area contributed by atoms with Gasteiger partial charge in [-0.1, -0.05) is 36.2 Å². The molecular weight excluding hydrogens is 383 g/mol. The van der Waals surface area contributed by atoms with Crippen LogP contribution < -0.4 is 10.3 Å². The van der Waals surface area contributed by atoms with Gasteiger partial charge in [0.2, 0.25) is 0 Å². The zero-order valence-electron chi connectivity index (χ0n) is 13.4. The van der Waals surface area contributed by atoms with Gasteiger partial charge < -0.3 is 9.84 Å². The Hall–Kier alpha value is -1.60. The van der Waals surface area contributed by atoms with E-state index in [0.29, 0.717) is 26.0 Å². The molecule has 0 aliphatic rings. The minimum atomic E-state index is -0.909. The van der Waals surface area contributed by atoms with Crippen molar-refractivity contribution in [3.05, 3.63) is 55.9 Å². The Balaban J connectivity index is 1.72. The molecule has 132 valence electrons. The van der Waals surface area contributed by atoms with Crippen molar-refractivity contribution in [2.24, 2.45) is 0 Å². The number of nitrogens with zero attached hydrogens (tertiary/aromatic N) is 2. The van der Waals surface area contributed by atoms with Crippen molar-refractivity contribution in [2.45, 2.75) is 26.0 Å². The summed E-state index contributed by atoms with van der Waals surface area (Å²) in [5, 5.41) is 11.5. The van der Waals surface area contributed by atoms with Crippen molar-refractivity contribution in [1.82, 2.24) is 9.55 Å². The molecule has 1 unspecified atom stereocenters. The number of aryl methyl sites for hydroxylation is 1. The lowest BCUT2D eigenvalue weighted by Gasteiger charge is -2.15. The van der Waals surface area contributed by atoms with Crippen molar-refractivity contribution < 1.29 is 9.84 Å². The molecular formula is C17H16Cl2N2O3S. The third-order valence-electron chi connectivity index (χ3n) is 3.66. The van der Waals surface area contributed by atoms with Gasteiger partial charge in [-0.3, -0.25) is 9.36 Å². The fourth-order valence-electron chi connectivity index (χ4n) is 2.39. The van der Waals surface area contributed by atoms with E-state index in [2.05, 4.69) is 4.98 Å². The molecule has 0 spiro atoms. The van der Waals surface area contributed by atoms with E-state index in [4.69, 9.17) is 27.9 Å². The minimum Gasteiger partial charge on any atom is -0.488 e. The quantitative estimate of drug-likeness (QED) is 0.686. The molecule has 0 saturated carbocycles. The summed E-state index contributed by atoms with van der Waals surface area (Å²) in [7, 11) is 0. The van der Waals surface area contributed by atoms with Crippen LogP contribution in [0, 0.1) is 0 Å². The first kappa shape index (κ1) is 18.2. The average molecular weight is 399 g/mol. The largest absolute Gasteiger partial charge is 0.488 e. The molecule has 0 bridgehead atoms. The van der Waals surface area contributed by atoms with Gasteiger partial charge in [0, 0.05) is 4.88 Å². The topological polar surface area (TPSA) is 64.4 Å². The second-order valence-electron chi connectivity index (χ2n) is 5.50. The molecule has 0 aliphatic heterocycles. The summed E-state index contributed by atoms with van der Waals surface area (Å²) in [6.45, 7) is 2.06. The smallest absolute Gasteiger partial charge is 0.262 e. The molecule has 3 aromatic rings. The molecule has 1 N–H and O–H groups in total. The maximum absolute atomic E-state index is 12.5. The van der Waals surface area contributed by atoms with Crippen molar-refractivity contribution in [3.8, 4) is 5.75 Å². The van der Waals surface area contributed by atoms with Crippen molar-refractivity contribution >= 4 is 44.8 Å². The molecule has 0 fully saturated rings. The summed E-state index contributed by atoms with van der Waals surface area (Å²) in [5.41, 5.74) is -0.171. The molecule has 1 atom stereocenters. The summed E-state index contributed by atoms with van der Waals surface area (Å²) in [6, 6.07) is 6.87. The highest BCUT2D eigenvalue weighted by Gasteiger charge is 2.14. The van der Waals surface area contributed by atoms with Crippen LogP contribution in [0.3, 0.4) is 0 Å². The first-order valence-electron chi connectivity index (χ1n) is 7.72. The van der Waals surface area contributed by atoms with Gasteiger partial charge in [-0.05, 0) is 24.6 Å². The minimum absolute atomic E-state index is 0.0439. The average Bonchev–Trinajstić information content (AvgIpc) is 3.01. The molecule has 0 amide bonds. The number of halogens is 2. The Morgan fingerprint density at radius 2 is 2.08 bits per heavy atom. The van der Waals surface area contributed by atoms with E-state index in [0.717, 1.165) is 11.3 Å². The fraction of sp³-hybridized carbons (Fsp3) is 0.294. The summed E-state index contributed by atoms with van der Waals surface area (Å²) in [6.07, 6.45) is 1.40. The molecule has 3 rings (SSSR count). The monoisotopic (exact) mass is 398 g/mol. The predicted molar refractivity (Wildman–Crippen MR) is 101 cm³/mol. The predicted octanol–water partition coefficient (Wildman–Crippen LogP) is 3.77. The molecule has 25 heavy (non-hydrogen) atoms. The van der Waals surface area contributed by atoms with Crippen molar-refractivity contribution in [1.29, 1.82) is 0 Å². The normalized spacial score (nSPS) is 12.5. The summed E-state index contributed by atoms with van der Waals surface area (Å²) >= 11 is 13.6. The summed E-state index contributed by atoms with van der Waals surface area (Å²) < 4.78 is 6.89. The van der Waals surface area contributed by atoms with E-state index in [-0.39, 0.29) is 18.7 Å². The van der Waals surface area contributed by atoms with E-state index in [1.807, 2.05) is 13.0 Å². The summed E-state index contributed by atoms with van der Waals surface area (Å²) in [4.78, 5) is 18.6. The first-order valence-corrected chi connectivity index (χ1v) is 9.29. The molecule has 2 heterocycles. The van der Waals surface area contributed by atoms with Gasteiger partial charge in [0.05, 0.1) is 28.3 Å². The van der Waals surface area contributed by atoms with Crippen LogP contribution in [0.2, 0.25) is 10.0 Å². The third kappa shape index (κ3) is 3.98. The van der Waals surface area contributed by atoms with Crippen LogP contribution in [0.4, 0.5) is 0 Å². The number of ether oxygens (including phenoxy) is 1. The van der Waals surface area contributed by atoms with E-state index < -0.39 is 6.10 Å². The Labute approximate surface area is 158 Å². The highest BCUT2D eigenvalue weighted by molar-refractivity contribution is 7.18. The summed E-state index contributed by atoms with van der Waals surface area (Å²) in [5.74, 6) is 0.316. The van der Waals surface area contributed by atoms with Crippen molar-refractivity contribution in [3.63, 3.8) is 0 Å². The van der Waals surface area contributed by atoms with Crippen LogP contribution in [0.5, 0.6) is 5.75 Å². The van der Waals surface area contributed by atoms with Crippen LogP contribution in [-0.4, -0.2) is 27.4 Å². The van der Waals surface area contributed by atoms with Gasteiger partial charge in [-0.15, -0.1) is 11.3 Å². The Bertz CT molecular complexity index is 934. The number of hydrogen-bond donors (Lipinski definition) is 1. The number of aromatic nitrogens is 2. The molecule has 1 aromatic carbocycles. The number of para-hydroxylation sites is 1. The van der Waals surface area contributed by atoms with Gasteiger partial charge in [0.25, 0.3) is 5.56 Å². The number of hydrogen-bond acceptors (Lipinski definition) is 5.